The Labute approximate surface area is 171 Å². The molecule has 2 aromatic rings. The van der Waals surface area contributed by atoms with Gasteiger partial charge in [0.15, 0.2) is 11.5 Å². The van der Waals surface area contributed by atoms with Crippen molar-refractivity contribution in [2.24, 2.45) is 5.10 Å². The lowest BCUT2D eigenvalue weighted by Gasteiger charge is -2.12. The third kappa shape index (κ3) is 5.24. The molecule has 0 unspecified atom stereocenters. The quantitative estimate of drug-likeness (QED) is 0.244. The van der Waals surface area contributed by atoms with Gasteiger partial charge in [-0.05, 0) is 59.3 Å². The van der Waals surface area contributed by atoms with Crippen molar-refractivity contribution in [1.29, 1.82) is 0 Å². The van der Waals surface area contributed by atoms with Crippen LogP contribution in [0.15, 0.2) is 35.4 Å². The number of halogens is 4. The number of alkyl halides is 3. The lowest BCUT2D eigenvalue weighted by Crippen LogP contribution is -2.06. The Balaban J connectivity index is 2.27. The highest BCUT2D eigenvalue weighted by Gasteiger charge is 2.33. The molecule has 11 heteroatoms. The molecule has 7 nitrogen and oxygen atoms in total. The number of methoxy groups -OCH3 is 1. The Morgan fingerprint density at radius 2 is 2.04 bits per heavy atom. The van der Waals surface area contributed by atoms with E-state index < -0.39 is 22.4 Å². The molecule has 2 rings (SSSR count). The Morgan fingerprint density at radius 1 is 1.32 bits per heavy atom. The summed E-state index contributed by atoms with van der Waals surface area (Å²) in [5.74, 6) is 1.06. The fraction of sp³-hybridized carbons (Fsp3) is 0.235. The second-order valence-corrected chi connectivity index (χ2v) is 6.49. The zero-order chi connectivity index (χ0) is 20.9. The number of rotatable bonds is 7. The van der Waals surface area contributed by atoms with Gasteiger partial charge in [0.2, 0.25) is 0 Å². The average molecular weight is 509 g/mol. The number of anilines is 1. The minimum Gasteiger partial charge on any atom is -0.493 e. The highest BCUT2D eigenvalue weighted by Crippen LogP contribution is 2.35. The summed E-state index contributed by atoms with van der Waals surface area (Å²) in [5.41, 5.74) is 1.00. The fourth-order valence-corrected chi connectivity index (χ4v) is 3.01. The molecule has 0 bridgehead atoms. The third-order valence-corrected chi connectivity index (χ3v) is 4.26. The van der Waals surface area contributed by atoms with E-state index in [0.29, 0.717) is 29.7 Å². The summed E-state index contributed by atoms with van der Waals surface area (Å²) in [4.78, 5) is 10.2. The number of ether oxygens (including phenoxy) is 2. The second kappa shape index (κ2) is 9.08. The average Bonchev–Trinajstić information content (AvgIpc) is 2.62. The van der Waals surface area contributed by atoms with Crippen LogP contribution in [0.2, 0.25) is 0 Å². The van der Waals surface area contributed by atoms with Crippen molar-refractivity contribution >= 4 is 40.2 Å². The number of hydrazone groups is 1. The fourth-order valence-electron chi connectivity index (χ4n) is 2.23. The van der Waals surface area contributed by atoms with E-state index in [1.165, 1.54) is 13.3 Å². The lowest BCUT2D eigenvalue weighted by atomic mass is 10.1. The van der Waals surface area contributed by atoms with Crippen LogP contribution >= 0.6 is 22.6 Å². The molecular formula is C17H15F3IN3O4. The predicted molar refractivity (Wildman–Crippen MR) is 106 cm³/mol. The summed E-state index contributed by atoms with van der Waals surface area (Å²) < 4.78 is 49.8. The molecule has 0 saturated heterocycles. The number of nitro benzene ring substituents is 1. The molecule has 0 aliphatic carbocycles. The first-order valence-electron chi connectivity index (χ1n) is 7.82. The number of nitrogens with one attached hydrogen (secondary N) is 1. The van der Waals surface area contributed by atoms with Crippen LogP contribution in [0.3, 0.4) is 0 Å². The molecule has 0 atom stereocenters. The first kappa shape index (κ1) is 21.7. The van der Waals surface area contributed by atoms with Crippen LogP contribution in [-0.4, -0.2) is 24.9 Å². The molecule has 0 aliphatic heterocycles. The largest absolute Gasteiger partial charge is 0.493 e. The maximum atomic E-state index is 12.7. The summed E-state index contributed by atoms with van der Waals surface area (Å²) in [6.07, 6.45) is -3.32. The van der Waals surface area contributed by atoms with Crippen molar-refractivity contribution in [3.05, 3.63) is 55.1 Å². The van der Waals surface area contributed by atoms with E-state index >= 15 is 0 Å². The minimum absolute atomic E-state index is 0.165. The Bertz CT molecular complexity index is 904. The molecule has 0 radical (unpaired) electrons. The Kier molecular flexibility index (Phi) is 7.05. The molecule has 0 saturated carbocycles. The van der Waals surface area contributed by atoms with Gasteiger partial charge in [-0.1, -0.05) is 0 Å². The number of hydrogen-bond donors (Lipinski definition) is 1. The van der Waals surface area contributed by atoms with Crippen LogP contribution < -0.4 is 14.9 Å². The molecule has 0 aliphatic rings. The Hall–Kier alpha value is -2.57. The van der Waals surface area contributed by atoms with E-state index in [4.69, 9.17) is 9.47 Å². The summed E-state index contributed by atoms with van der Waals surface area (Å²) in [5, 5.41) is 15.0. The first-order chi connectivity index (χ1) is 13.2. The van der Waals surface area contributed by atoms with Crippen LogP contribution in [0.4, 0.5) is 24.5 Å². The van der Waals surface area contributed by atoms with Gasteiger partial charge in [0.25, 0.3) is 5.69 Å². The molecule has 2 aromatic carbocycles. The van der Waals surface area contributed by atoms with Gasteiger partial charge >= 0.3 is 6.18 Å². The Morgan fingerprint density at radius 3 is 2.61 bits per heavy atom. The van der Waals surface area contributed by atoms with Crippen LogP contribution in [0.5, 0.6) is 11.5 Å². The van der Waals surface area contributed by atoms with Gasteiger partial charge in [-0.25, -0.2) is 0 Å². The van der Waals surface area contributed by atoms with Gasteiger partial charge in [0.1, 0.15) is 5.69 Å². The zero-order valence-corrected chi connectivity index (χ0v) is 16.9. The van der Waals surface area contributed by atoms with Crippen LogP contribution in [0.1, 0.15) is 18.1 Å². The first-order valence-corrected chi connectivity index (χ1v) is 8.90. The van der Waals surface area contributed by atoms with Crippen molar-refractivity contribution < 1.29 is 27.6 Å². The van der Waals surface area contributed by atoms with Crippen molar-refractivity contribution in [3.63, 3.8) is 0 Å². The molecule has 1 N–H and O–H groups in total. The van der Waals surface area contributed by atoms with Crippen LogP contribution in [-0.2, 0) is 6.18 Å². The highest BCUT2D eigenvalue weighted by atomic mass is 127. The van der Waals surface area contributed by atoms with E-state index in [-0.39, 0.29) is 5.69 Å². The van der Waals surface area contributed by atoms with Gasteiger partial charge in [-0.15, -0.1) is 0 Å². The number of hydrogen-bond acceptors (Lipinski definition) is 6. The molecule has 0 aromatic heterocycles. The molecule has 0 heterocycles. The van der Waals surface area contributed by atoms with Crippen LogP contribution in [0.25, 0.3) is 0 Å². The van der Waals surface area contributed by atoms with E-state index in [1.54, 1.807) is 12.1 Å². The topological polar surface area (TPSA) is 86.0 Å². The molecule has 28 heavy (non-hydrogen) atoms. The molecule has 0 spiro atoms. The standard InChI is InChI=1S/C17H15F3IN3O4/c1-3-28-16-12(21)6-10(7-15(16)27-2)9-22-23-13-5-4-11(17(18,19)20)8-14(13)24(25)26/h4-9,23H,3H2,1-2H3/b22-9+. The molecule has 0 amide bonds. The molecule has 150 valence electrons. The summed E-state index contributed by atoms with van der Waals surface area (Å²) in [7, 11) is 1.48. The zero-order valence-electron chi connectivity index (χ0n) is 14.7. The summed E-state index contributed by atoms with van der Waals surface area (Å²) in [6.45, 7) is 2.30. The predicted octanol–water partition coefficient (Wildman–Crippen LogP) is 5.07. The molecular weight excluding hydrogens is 494 g/mol. The maximum Gasteiger partial charge on any atom is 0.416 e. The molecule has 0 fully saturated rings. The third-order valence-electron chi connectivity index (χ3n) is 3.46. The van der Waals surface area contributed by atoms with E-state index in [2.05, 4.69) is 33.1 Å². The summed E-state index contributed by atoms with van der Waals surface area (Å²) >= 11 is 2.06. The van der Waals surface area contributed by atoms with Crippen LogP contribution in [0, 0.1) is 13.7 Å². The second-order valence-electron chi connectivity index (χ2n) is 5.32. The van der Waals surface area contributed by atoms with Gasteiger partial charge in [0, 0.05) is 6.07 Å². The monoisotopic (exact) mass is 509 g/mol. The summed E-state index contributed by atoms with van der Waals surface area (Å²) in [6, 6.07) is 5.56. The highest BCUT2D eigenvalue weighted by molar-refractivity contribution is 14.1. The van der Waals surface area contributed by atoms with E-state index in [1.807, 2.05) is 6.92 Å². The lowest BCUT2D eigenvalue weighted by molar-refractivity contribution is -0.384. The normalized spacial score (nSPS) is 11.5. The maximum absolute atomic E-state index is 12.7. The van der Waals surface area contributed by atoms with Gasteiger partial charge < -0.3 is 9.47 Å². The van der Waals surface area contributed by atoms with E-state index in [0.717, 1.165) is 15.7 Å². The van der Waals surface area contributed by atoms with E-state index in [9.17, 15) is 23.3 Å². The van der Waals surface area contributed by atoms with Gasteiger partial charge in [-0.3, -0.25) is 15.5 Å². The SMILES string of the molecule is CCOc1c(I)cc(/C=N/Nc2ccc(C(F)(F)F)cc2[N+](=O)[O-])cc1OC. The number of nitro groups is 1. The van der Waals surface area contributed by atoms with Crippen molar-refractivity contribution in [1.82, 2.24) is 0 Å². The number of benzene rings is 2. The van der Waals surface area contributed by atoms with Gasteiger partial charge in [0.05, 0.1) is 34.0 Å². The van der Waals surface area contributed by atoms with Crippen molar-refractivity contribution in [3.8, 4) is 11.5 Å². The van der Waals surface area contributed by atoms with Gasteiger partial charge in [-0.2, -0.15) is 18.3 Å². The van der Waals surface area contributed by atoms with Crippen molar-refractivity contribution in [2.45, 2.75) is 13.1 Å². The number of nitrogens with zero attached hydrogens (tertiary/aromatic N) is 2. The minimum atomic E-state index is -4.68. The smallest absolute Gasteiger partial charge is 0.416 e. The van der Waals surface area contributed by atoms with Crippen molar-refractivity contribution in [2.75, 3.05) is 19.1 Å².